The van der Waals surface area contributed by atoms with Gasteiger partial charge in [-0.25, -0.2) is 4.79 Å². The van der Waals surface area contributed by atoms with Crippen molar-refractivity contribution in [1.29, 1.82) is 0 Å². The summed E-state index contributed by atoms with van der Waals surface area (Å²) in [4.78, 5) is 22.3. The Morgan fingerprint density at radius 1 is 1.33 bits per heavy atom. The van der Waals surface area contributed by atoms with Gasteiger partial charge in [0.05, 0.1) is 6.61 Å². The van der Waals surface area contributed by atoms with Crippen LogP contribution in [-0.2, 0) is 14.3 Å². The van der Waals surface area contributed by atoms with Gasteiger partial charge in [-0.3, -0.25) is 4.79 Å². The summed E-state index contributed by atoms with van der Waals surface area (Å²) in [5.74, 6) is -0.849. The first-order chi connectivity index (χ1) is 5.46. The molecule has 3 nitrogen and oxygen atoms in total. The second kappa shape index (κ2) is 4.97. The third-order valence-corrected chi connectivity index (χ3v) is 2.74. The van der Waals surface area contributed by atoms with E-state index in [-0.39, 0.29) is 18.8 Å². The standard InChI is InChI=1S/C7H10Br2O3/c1-3-5(10)7(8,9)6(11)12-4-2/h3-4H2,1-2H3. The van der Waals surface area contributed by atoms with Gasteiger partial charge in [-0.15, -0.1) is 0 Å². The first kappa shape index (κ1) is 12.1. The van der Waals surface area contributed by atoms with Gasteiger partial charge in [-0.1, -0.05) is 38.8 Å². The summed E-state index contributed by atoms with van der Waals surface area (Å²) >= 11 is 5.93. The molecule has 0 bridgehead atoms. The van der Waals surface area contributed by atoms with Gasteiger partial charge in [0.2, 0.25) is 3.23 Å². The molecule has 0 unspecified atom stereocenters. The average Bonchev–Trinajstić information content (AvgIpc) is 2.03. The van der Waals surface area contributed by atoms with Crippen LogP contribution in [0.3, 0.4) is 0 Å². The lowest BCUT2D eigenvalue weighted by Gasteiger charge is -2.15. The van der Waals surface area contributed by atoms with Crippen LogP contribution in [0.4, 0.5) is 0 Å². The third kappa shape index (κ3) is 2.86. The molecule has 0 amide bonds. The fraction of sp³-hybridized carbons (Fsp3) is 0.714. The Bertz CT molecular complexity index is 189. The van der Waals surface area contributed by atoms with Crippen LogP contribution in [0.25, 0.3) is 0 Å². The molecule has 0 aromatic heterocycles. The first-order valence-corrected chi connectivity index (χ1v) is 5.13. The number of rotatable bonds is 4. The van der Waals surface area contributed by atoms with Crippen LogP contribution in [-0.4, -0.2) is 21.6 Å². The maximum atomic E-state index is 11.2. The summed E-state index contributed by atoms with van der Waals surface area (Å²) in [6.45, 7) is 3.62. The molecule has 0 aromatic carbocycles. The largest absolute Gasteiger partial charge is 0.464 e. The van der Waals surface area contributed by atoms with Crippen molar-refractivity contribution >= 4 is 43.6 Å². The van der Waals surface area contributed by atoms with E-state index in [0.717, 1.165) is 0 Å². The summed E-state index contributed by atoms with van der Waals surface area (Å²) in [5, 5.41) is 0. The van der Waals surface area contributed by atoms with E-state index in [2.05, 4.69) is 36.6 Å². The Morgan fingerprint density at radius 2 is 1.83 bits per heavy atom. The molecule has 5 heteroatoms. The lowest BCUT2D eigenvalue weighted by atomic mass is 10.2. The number of ketones is 1. The molecule has 0 aliphatic rings. The van der Waals surface area contributed by atoms with Crippen LogP contribution < -0.4 is 0 Å². The van der Waals surface area contributed by atoms with Crippen LogP contribution in [0.1, 0.15) is 20.3 Å². The third-order valence-electron chi connectivity index (χ3n) is 1.20. The highest BCUT2D eigenvalue weighted by atomic mass is 79.9. The van der Waals surface area contributed by atoms with Gasteiger partial charge in [0.25, 0.3) is 0 Å². The van der Waals surface area contributed by atoms with Crippen molar-refractivity contribution in [3.63, 3.8) is 0 Å². The number of carbonyl (C=O) groups is 2. The zero-order chi connectivity index (χ0) is 9.78. The number of alkyl halides is 2. The normalized spacial score (nSPS) is 11.0. The summed E-state index contributed by atoms with van der Waals surface area (Å²) < 4.78 is 3.32. The molecule has 0 rings (SSSR count). The Labute approximate surface area is 88.1 Å². The number of carbonyl (C=O) groups excluding carboxylic acids is 2. The molecule has 0 radical (unpaired) electrons. The van der Waals surface area contributed by atoms with E-state index in [0.29, 0.717) is 0 Å². The SMILES string of the molecule is CCOC(=O)C(Br)(Br)C(=O)CC. The maximum Gasteiger partial charge on any atom is 0.341 e. The number of ether oxygens (including phenoxy) is 1. The van der Waals surface area contributed by atoms with E-state index in [1.807, 2.05) is 0 Å². The summed E-state index contributed by atoms with van der Waals surface area (Å²) in [6, 6.07) is 0. The monoisotopic (exact) mass is 300 g/mol. The van der Waals surface area contributed by atoms with Gasteiger partial charge in [0.15, 0.2) is 5.78 Å². The number of esters is 1. The molecule has 0 N–H and O–H groups in total. The zero-order valence-corrected chi connectivity index (χ0v) is 10.1. The van der Waals surface area contributed by atoms with Gasteiger partial charge in [-0.05, 0) is 6.92 Å². The molecule has 0 saturated heterocycles. The van der Waals surface area contributed by atoms with Crippen LogP contribution >= 0.6 is 31.9 Å². The molecule has 0 heterocycles. The maximum absolute atomic E-state index is 11.2. The van der Waals surface area contributed by atoms with Crippen molar-refractivity contribution in [3.05, 3.63) is 0 Å². The molecule has 70 valence electrons. The molecular formula is C7H10Br2O3. The highest BCUT2D eigenvalue weighted by Gasteiger charge is 2.40. The van der Waals surface area contributed by atoms with E-state index in [4.69, 9.17) is 0 Å². The van der Waals surface area contributed by atoms with Crippen molar-refractivity contribution in [2.75, 3.05) is 6.61 Å². The van der Waals surface area contributed by atoms with Crippen LogP contribution in [0.5, 0.6) is 0 Å². The van der Waals surface area contributed by atoms with Crippen molar-refractivity contribution in [2.45, 2.75) is 23.5 Å². The second-order valence-corrected chi connectivity index (χ2v) is 5.51. The molecule has 0 aliphatic carbocycles. The number of Topliss-reactive ketones (excluding diaryl/α,β-unsaturated/α-hetero) is 1. The summed E-state index contributed by atoms with van der Waals surface area (Å²) in [7, 11) is 0. The van der Waals surface area contributed by atoms with Crippen LogP contribution in [0, 0.1) is 0 Å². The number of hydrogen-bond donors (Lipinski definition) is 0. The zero-order valence-electron chi connectivity index (χ0n) is 6.89. The second-order valence-electron chi connectivity index (χ2n) is 2.07. The minimum Gasteiger partial charge on any atom is -0.464 e. The highest BCUT2D eigenvalue weighted by molar-refractivity contribution is 9.26. The van der Waals surface area contributed by atoms with Gasteiger partial charge in [0.1, 0.15) is 0 Å². The summed E-state index contributed by atoms with van der Waals surface area (Å²) in [5.41, 5.74) is 0. The first-order valence-electron chi connectivity index (χ1n) is 3.55. The fourth-order valence-electron chi connectivity index (χ4n) is 0.558. The molecule has 12 heavy (non-hydrogen) atoms. The topological polar surface area (TPSA) is 43.4 Å². The Morgan fingerprint density at radius 3 is 2.17 bits per heavy atom. The van der Waals surface area contributed by atoms with Crippen LogP contribution in [0.2, 0.25) is 0 Å². The molecular weight excluding hydrogens is 292 g/mol. The molecule has 0 fully saturated rings. The van der Waals surface area contributed by atoms with Crippen molar-refractivity contribution in [2.24, 2.45) is 0 Å². The molecule has 0 aliphatic heterocycles. The van der Waals surface area contributed by atoms with Gasteiger partial charge < -0.3 is 4.74 Å². The number of hydrogen-bond acceptors (Lipinski definition) is 3. The van der Waals surface area contributed by atoms with Crippen molar-refractivity contribution in [3.8, 4) is 0 Å². The van der Waals surface area contributed by atoms with Gasteiger partial charge >= 0.3 is 5.97 Å². The van der Waals surface area contributed by atoms with Crippen molar-refractivity contribution < 1.29 is 14.3 Å². The van der Waals surface area contributed by atoms with Gasteiger partial charge in [-0.2, -0.15) is 0 Å². The van der Waals surface area contributed by atoms with Crippen molar-refractivity contribution in [1.82, 2.24) is 0 Å². The van der Waals surface area contributed by atoms with E-state index in [1.165, 1.54) is 0 Å². The molecule has 0 spiro atoms. The minimum absolute atomic E-state index is 0.249. The lowest BCUT2D eigenvalue weighted by Crippen LogP contribution is -2.35. The smallest absolute Gasteiger partial charge is 0.341 e. The number of halogens is 2. The highest BCUT2D eigenvalue weighted by Crippen LogP contribution is 2.30. The molecule has 0 aromatic rings. The van der Waals surface area contributed by atoms with E-state index < -0.39 is 9.20 Å². The summed E-state index contributed by atoms with van der Waals surface area (Å²) in [6.07, 6.45) is 0.273. The Balaban J connectivity index is 4.38. The van der Waals surface area contributed by atoms with E-state index in [1.54, 1.807) is 13.8 Å². The van der Waals surface area contributed by atoms with Gasteiger partial charge in [0, 0.05) is 6.42 Å². The molecule has 0 atom stereocenters. The predicted octanol–water partition coefficient (Wildman–Crippen LogP) is 2.01. The van der Waals surface area contributed by atoms with Crippen LogP contribution in [0.15, 0.2) is 0 Å². The lowest BCUT2D eigenvalue weighted by molar-refractivity contribution is -0.145. The quantitative estimate of drug-likeness (QED) is 0.453. The average molecular weight is 302 g/mol. The Hall–Kier alpha value is 0.1000. The van der Waals surface area contributed by atoms with E-state index in [9.17, 15) is 9.59 Å². The van der Waals surface area contributed by atoms with E-state index >= 15 is 0 Å². The molecule has 0 saturated carbocycles. The Kier molecular flexibility index (Phi) is 5.01. The predicted molar refractivity (Wildman–Crippen MR) is 52.5 cm³/mol. The fourth-order valence-corrected chi connectivity index (χ4v) is 1.35. The minimum atomic E-state index is -1.36.